The van der Waals surface area contributed by atoms with Crippen LogP contribution in [0.1, 0.15) is 23.7 Å². The molecule has 0 saturated carbocycles. The Hall–Kier alpha value is -2.76. The standard InChI is InChI=1S/C19H22O6/c1-21-12-7-8-14(22-2)19(20)18(12)13-6-5-11-9-16(23-3)17(24-4)10-15(11)25-13/h7-10,13,20H,5-6H2,1-4H3. The first-order valence-corrected chi connectivity index (χ1v) is 7.98. The number of phenolic OH excluding ortho intramolecular Hbond substituents is 1. The maximum Gasteiger partial charge on any atom is 0.168 e. The van der Waals surface area contributed by atoms with Crippen molar-refractivity contribution in [1.82, 2.24) is 0 Å². The van der Waals surface area contributed by atoms with E-state index in [1.165, 1.54) is 7.11 Å². The predicted molar refractivity (Wildman–Crippen MR) is 92.4 cm³/mol. The third kappa shape index (κ3) is 2.99. The van der Waals surface area contributed by atoms with Gasteiger partial charge in [-0.1, -0.05) is 0 Å². The van der Waals surface area contributed by atoms with Crippen LogP contribution < -0.4 is 23.7 Å². The second-order valence-corrected chi connectivity index (χ2v) is 5.69. The van der Waals surface area contributed by atoms with E-state index >= 15 is 0 Å². The number of aromatic hydroxyl groups is 1. The van der Waals surface area contributed by atoms with Crippen LogP contribution in [0.3, 0.4) is 0 Å². The summed E-state index contributed by atoms with van der Waals surface area (Å²) in [6.07, 6.45) is 1.12. The molecule has 0 saturated heterocycles. The second-order valence-electron chi connectivity index (χ2n) is 5.69. The molecule has 6 heteroatoms. The Morgan fingerprint density at radius 1 is 0.880 bits per heavy atom. The maximum atomic E-state index is 10.6. The van der Waals surface area contributed by atoms with Crippen molar-refractivity contribution in [3.63, 3.8) is 0 Å². The molecule has 25 heavy (non-hydrogen) atoms. The van der Waals surface area contributed by atoms with Gasteiger partial charge in [-0.2, -0.15) is 0 Å². The summed E-state index contributed by atoms with van der Waals surface area (Å²) in [5.41, 5.74) is 1.62. The quantitative estimate of drug-likeness (QED) is 0.894. The van der Waals surface area contributed by atoms with Crippen LogP contribution in [0.4, 0.5) is 0 Å². The summed E-state index contributed by atoms with van der Waals surface area (Å²) >= 11 is 0. The minimum absolute atomic E-state index is 0.0378. The first kappa shape index (κ1) is 17.1. The van der Waals surface area contributed by atoms with Gasteiger partial charge in [-0.05, 0) is 36.6 Å². The average molecular weight is 346 g/mol. The molecule has 0 bridgehead atoms. The highest BCUT2D eigenvalue weighted by Crippen LogP contribution is 2.47. The van der Waals surface area contributed by atoms with Gasteiger partial charge in [0.25, 0.3) is 0 Å². The van der Waals surface area contributed by atoms with E-state index in [1.54, 1.807) is 33.5 Å². The van der Waals surface area contributed by atoms with Crippen LogP contribution in [-0.2, 0) is 6.42 Å². The van der Waals surface area contributed by atoms with E-state index in [0.717, 1.165) is 12.0 Å². The number of ether oxygens (including phenoxy) is 5. The zero-order valence-corrected chi connectivity index (χ0v) is 14.8. The Balaban J connectivity index is 2.01. The summed E-state index contributed by atoms with van der Waals surface area (Å²) in [7, 11) is 6.27. The fourth-order valence-corrected chi connectivity index (χ4v) is 3.13. The first-order chi connectivity index (χ1) is 12.1. The first-order valence-electron chi connectivity index (χ1n) is 7.98. The van der Waals surface area contributed by atoms with Crippen LogP contribution >= 0.6 is 0 Å². The monoisotopic (exact) mass is 346 g/mol. The van der Waals surface area contributed by atoms with Crippen molar-refractivity contribution in [3.8, 4) is 34.5 Å². The van der Waals surface area contributed by atoms with Gasteiger partial charge in [0.05, 0.1) is 34.0 Å². The summed E-state index contributed by atoms with van der Waals surface area (Å²) < 4.78 is 27.5. The van der Waals surface area contributed by atoms with Gasteiger partial charge in [-0.25, -0.2) is 0 Å². The van der Waals surface area contributed by atoms with Crippen molar-refractivity contribution < 1.29 is 28.8 Å². The molecular formula is C19H22O6. The molecule has 134 valence electrons. The lowest BCUT2D eigenvalue weighted by molar-refractivity contribution is 0.166. The molecule has 0 fully saturated rings. The number of hydrogen-bond donors (Lipinski definition) is 1. The average Bonchev–Trinajstić information content (AvgIpc) is 2.65. The number of hydrogen-bond acceptors (Lipinski definition) is 6. The summed E-state index contributed by atoms with van der Waals surface area (Å²) in [5.74, 6) is 2.97. The van der Waals surface area contributed by atoms with Crippen LogP contribution in [0.25, 0.3) is 0 Å². The van der Waals surface area contributed by atoms with E-state index in [4.69, 9.17) is 23.7 Å². The van der Waals surface area contributed by atoms with Crippen LogP contribution in [0, 0.1) is 0 Å². The molecule has 0 amide bonds. The fourth-order valence-electron chi connectivity index (χ4n) is 3.13. The van der Waals surface area contributed by atoms with E-state index in [2.05, 4.69) is 0 Å². The van der Waals surface area contributed by atoms with E-state index in [0.29, 0.717) is 40.7 Å². The third-order valence-corrected chi connectivity index (χ3v) is 4.41. The number of methoxy groups -OCH3 is 4. The topological polar surface area (TPSA) is 66.4 Å². The lowest BCUT2D eigenvalue weighted by atomic mass is 9.95. The number of fused-ring (bicyclic) bond motifs is 1. The molecule has 1 heterocycles. The molecule has 0 aromatic heterocycles. The molecule has 0 spiro atoms. The minimum Gasteiger partial charge on any atom is -0.504 e. The molecule has 1 N–H and O–H groups in total. The van der Waals surface area contributed by atoms with E-state index in [-0.39, 0.29) is 11.9 Å². The molecule has 1 atom stereocenters. The van der Waals surface area contributed by atoms with Gasteiger partial charge in [-0.3, -0.25) is 0 Å². The number of aryl methyl sites for hydroxylation is 1. The van der Waals surface area contributed by atoms with Crippen LogP contribution in [-0.4, -0.2) is 33.5 Å². The third-order valence-electron chi connectivity index (χ3n) is 4.41. The molecule has 1 aliphatic rings. The molecule has 0 radical (unpaired) electrons. The highest BCUT2D eigenvalue weighted by molar-refractivity contribution is 5.56. The van der Waals surface area contributed by atoms with Crippen molar-refractivity contribution >= 4 is 0 Å². The van der Waals surface area contributed by atoms with Crippen LogP contribution in [0.15, 0.2) is 24.3 Å². The Labute approximate surface area is 146 Å². The Kier molecular flexibility index (Phi) is 4.79. The highest BCUT2D eigenvalue weighted by Gasteiger charge is 2.29. The number of rotatable bonds is 5. The maximum absolute atomic E-state index is 10.6. The molecular weight excluding hydrogens is 324 g/mol. The zero-order chi connectivity index (χ0) is 18.0. The molecule has 1 unspecified atom stereocenters. The smallest absolute Gasteiger partial charge is 0.168 e. The van der Waals surface area contributed by atoms with E-state index in [9.17, 15) is 5.11 Å². The lowest BCUT2D eigenvalue weighted by Gasteiger charge is -2.29. The summed E-state index contributed by atoms with van der Waals surface area (Å²) in [4.78, 5) is 0. The van der Waals surface area contributed by atoms with Crippen molar-refractivity contribution in [2.45, 2.75) is 18.9 Å². The largest absolute Gasteiger partial charge is 0.504 e. The normalized spacial score (nSPS) is 15.8. The summed E-state index contributed by atoms with van der Waals surface area (Å²) in [6, 6.07) is 7.17. The molecule has 6 nitrogen and oxygen atoms in total. The van der Waals surface area contributed by atoms with Crippen LogP contribution in [0.5, 0.6) is 34.5 Å². The predicted octanol–water partition coefficient (Wildman–Crippen LogP) is 3.49. The Morgan fingerprint density at radius 3 is 2.12 bits per heavy atom. The van der Waals surface area contributed by atoms with E-state index in [1.807, 2.05) is 12.1 Å². The van der Waals surface area contributed by atoms with Gasteiger partial charge in [-0.15, -0.1) is 0 Å². The van der Waals surface area contributed by atoms with Crippen LogP contribution in [0.2, 0.25) is 0 Å². The lowest BCUT2D eigenvalue weighted by Crippen LogP contribution is -2.16. The summed E-state index contributed by atoms with van der Waals surface area (Å²) in [5, 5.41) is 10.6. The number of phenols is 1. The van der Waals surface area contributed by atoms with Gasteiger partial charge in [0.2, 0.25) is 0 Å². The van der Waals surface area contributed by atoms with Crippen molar-refractivity contribution in [3.05, 3.63) is 35.4 Å². The van der Waals surface area contributed by atoms with Crippen molar-refractivity contribution in [1.29, 1.82) is 0 Å². The van der Waals surface area contributed by atoms with Gasteiger partial charge >= 0.3 is 0 Å². The van der Waals surface area contributed by atoms with E-state index < -0.39 is 0 Å². The van der Waals surface area contributed by atoms with Crippen molar-refractivity contribution in [2.24, 2.45) is 0 Å². The SMILES string of the molecule is COc1cc2c(cc1OC)OC(c1c(OC)ccc(OC)c1O)CC2. The number of benzene rings is 2. The van der Waals surface area contributed by atoms with Gasteiger partial charge in [0.15, 0.2) is 23.0 Å². The highest BCUT2D eigenvalue weighted by atomic mass is 16.5. The molecule has 2 aromatic rings. The second kappa shape index (κ2) is 7.01. The molecule has 1 aliphatic heterocycles. The molecule has 2 aromatic carbocycles. The Bertz CT molecular complexity index is 771. The Morgan fingerprint density at radius 2 is 1.48 bits per heavy atom. The summed E-state index contributed by atoms with van der Waals surface area (Å²) in [6.45, 7) is 0. The fraction of sp³-hybridized carbons (Fsp3) is 0.368. The minimum atomic E-state index is -0.351. The zero-order valence-electron chi connectivity index (χ0n) is 14.8. The van der Waals surface area contributed by atoms with Crippen molar-refractivity contribution in [2.75, 3.05) is 28.4 Å². The van der Waals surface area contributed by atoms with Gasteiger partial charge < -0.3 is 28.8 Å². The van der Waals surface area contributed by atoms with Gasteiger partial charge in [0.1, 0.15) is 17.6 Å². The molecule has 3 rings (SSSR count). The van der Waals surface area contributed by atoms with Gasteiger partial charge in [0, 0.05) is 6.07 Å². The molecule has 0 aliphatic carbocycles.